The number of unbranched alkanes of at least 4 members (excludes halogenated alkanes) is 4. The van der Waals surface area contributed by atoms with Gasteiger partial charge in [0.1, 0.15) is 11.3 Å². The summed E-state index contributed by atoms with van der Waals surface area (Å²) < 4.78 is 0. The maximum atomic E-state index is 6.17. The maximum absolute atomic E-state index is 6.17. The van der Waals surface area contributed by atoms with Crippen LogP contribution in [0.3, 0.4) is 0 Å². The second kappa shape index (κ2) is 8.65. The molecule has 0 aromatic carbocycles. The zero-order valence-electron chi connectivity index (χ0n) is 15.9. The topological polar surface area (TPSA) is 70.8 Å². The van der Waals surface area contributed by atoms with Crippen molar-refractivity contribution < 1.29 is 0 Å². The average molecular weight is 344 g/mol. The molecule has 0 atom stereocenters. The number of likely N-dealkylation sites (tertiary alicyclic amines) is 1. The minimum atomic E-state index is 0.597. The van der Waals surface area contributed by atoms with Crippen molar-refractivity contribution in [1.29, 1.82) is 0 Å². The summed E-state index contributed by atoms with van der Waals surface area (Å²) in [6.07, 6.45) is 10.8. The number of rotatable bonds is 10. The minimum Gasteiger partial charge on any atom is -0.382 e. The van der Waals surface area contributed by atoms with Crippen molar-refractivity contribution in [3.63, 3.8) is 0 Å². The normalized spacial score (nSPS) is 15.0. The lowest BCUT2D eigenvalue weighted by atomic mass is 10.0. The Hall–Kier alpha value is -1.62. The molecule has 0 unspecified atom stereocenters. The molecule has 0 aliphatic carbocycles. The molecule has 0 radical (unpaired) electrons. The Bertz CT molecular complexity index is 687. The fraction of sp³-hybridized carbons (Fsp3) is 0.700. The fourth-order valence-corrected chi connectivity index (χ4v) is 3.66. The van der Waals surface area contributed by atoms with E-state index >= 15 is 0 Å². The van der Waals surface area contributed by atoms with Crippen molar-refractivity contribution in [3.8, 4) is 0 Å². The summed E-state index contributed by atoms with van der Waals surface area (Å²) in [7, 11) is 0. The first kappa shape index (κ1) is 18.2. The summed E-state index contributed by atoms with van der Waals surface area (Å²) >= 11 is 0. The van der Waals surface area contributed by atoms with Gasteiger partial charge in [-0.15, -0.1) is 0 Å². The highest BCUT2D eigenvalue weighted by atomic mass is 15.2. The smallest absolute Gasteiger partial charge is 0.151 e. The molecule has 1 aliphatic heterocycles. The number of nitrogens with one attached hydrogen (secondary N) is 1. The van der Waals surface area contributed by atoms with E-state index < -0.39 is 0 Å². The molecule has 2 aromatic rings. The van der Waals surface area contributed by atoms with Gasteiger partial charge in [-0.3, -0.25) is 0 Å². The predicted molar refractivity (Wildman–Crippen MR) is 105 cm³/mol. The Morgan fingerprint density at radius 1 is 1.04 bits per heavy atom. The van der Waals surface area contributed by atoms with Crippen LogP contribution in [-0.2, 0) is 12.8 Å². The Balaban J connectivity index is 1.57. The molecule has 2 aromatic heterocycles. The zero-order valence-corrected chi connectivity index (χ0v) is 15.9. The first-order valence-electron chi connectivity index (χ1n) is 10.0. The fourth-order valence-electron chi connectivity index (χ4n) is 3.66. The van der Waals surface area contributed by atoms with Crippen molar-refractivity contribution in [1.82, 2.24) is 19.9 Å². The van der Waals surface area contributed by atoms with Gasteiger partial charge in [0.05, 0.1) is 5.52 Å². The summed E-state index contributed by atoms with van der Waals surface area (Å²) in [5, 5.41) is 0. The molecule has 1 saturated heterocycles. The molecule has 1 fully saturated rings. The van der Waals surface area contributed by atoms with Gasteiger partial charge >= 0.3 is 0 Å². The molecule has 0 bridgehead atoms. The number of nitrogens with zero attached hydrogens (tertiary/aromatic N) is 3. The molecular formula is C20H33N5. The number of nitrogen functional groups attached to an aromatic ring is 1. The van der Waals surface area contributed by atoms with Gasteiger partial charge in [-0.05, 0) is 64.2 Å². The first-order chi connectivity index (χ1) is 12.2. The van der Waals surface area contributed by atoms with Crippen molar-refractivity contribution in [2.75, 3.05) is 25.4 Å². The van der Waals surface area contributed by atoms with Gasteiger partial charge in [0.25, 0.3) is 0 Å². The highest BCUT2D eigenvalue weighted by Crippen LogP contribution is 2.26. The van der Waals surface area contributed by atoms with E-state index in [2.05, 4.69) is 28.7 Å². The number of aryl methyl sites for hydroxylation is 3. The molecule has 0 spiro atoms. The number of hydrogen-bond donors (Lipinski definition) is 2. The van der Waals surface area contributed by atoms with Crippen LogP contribution in [0.15, 0.2) is 0 Å². The maximum Gasteiger partial charge on any atom is 0.151 e. The largest absolute Gasteiger partial charge is 0.382 e. The third-order valence-electron chi connectivity index (χ3n) is 5.39. The summed E-state index contributed by atoms with van der Waals surface area (Å²) in [6.45, 7) is 8.24. The minimum absolute atomic E-state index is 0.597. The molecule has 0 saturated carbocycles. The number of aromatic nitrogens is 3. The summed E-state index contributed by atoms with van der Waals surface area (Å²) in [4.78, 5) is 15.3. The van der Waals surface area contributed by atoms with Gasteiger partial charge in [-0.2, -0.15) is 0 Å². The highest BCUT2D eigenvalue weighted by molar-refractivity contribution is 5.88. The van der Waals surface area contributed by atoms with Gasteiger partial charge in [0, 0.05) is 12.1 Å². The highest BCUT2D eigenvalue weighted by Gasteiger charge is 2.15. The third-order valence-corrected chi connectivity index (χ3v) is 5.39. The third kappa shape index (κ3) is 4.51. The SMILES string of the molecule is CCCCc1nc(N)c2[nH]c(C)c(CCCCCCN3CCC3)c2n1. The lowest BCUT2D eigenvalue weighted by Crippen LogP contribution is -2.37. The number of hydrogen-bond acceptors (Lipinski definition) is 4. The molecule has 3 N–H and O–H groups in total. The van der Waals surface area contributed by atoms with Crippen LogP contribution in [0.4, 0.5) is 5.82 Å². The van der Waals surface area contributed by atoms with Gasteiger partial charge in [0.2, 0.25) is 0 Å². The van der Waals surface area contributed by atoms with E-state index in [0.29, 0.717) is 5.82 Å². The van der Waals surface area contributed by atoms with Crippen LogP contribution in [0.1, 0.15) is 69.0 Å². The van der Waals surface area contributed by atoms with E-state index in [9.17, 15) is 0 Å². The van der Waals surface area contributed by atoms with Gasteiger partial charge in [0.15, 0.2) is 5.82 Å². The van der Waals surface area contributed by atoms with E-state index in [1.807, 2.05) is 0 Å². The predicted octanol–water partition coefficient (Wildman–Crippen LogP) is 4.00. The second-order valence-corrected chi connectivity index (χ2v) is 7.44. The van der Waals surface area contributed by atoms with E-state index in [0.717, 1.165) is 42.5 Å². The number of H-pyrrole nitrogens is 1. The molecule has 1 aliphatic rings. The van der Waals surface area contributed by atoms with Crippen LogP contribution in [0, 0.1) is 6.92 Å². The summed E-state index contributed by atoms with van der Waals surface area (Å²) in [5.74, 6) is 1.49. The van der Waals surface area contributed by atoms with E-state index in [4.69, 9.17) is 10.7 Å². The van der Waals surface area contributed by atoms with Crippen LogP contribution >= 0.6 is 0 Å². The van der Waals surface area contributed by atoms with Crippen molar-refractivity contribution in [2.24, 2.45) is 0 Å². The van der Waals surface area contributed by atoms with Gasteiger partial charge in [-0.1, -0.05) is 26.2 Å². The van der Waals surface area contributed by atoms with Crippen LogP contribution in [0.25, 0.3) is 11.0 Å². The number of anilines is 1. The number of fused-ring (bicyclic) bond motifs is 1. The van der Waals surface area contributed by atoms with Crippen molar-refractivity contribution in [2.45, 2.75) is 71.6 Å². The van der Waals surface area contributed by atoms with Crippen molar-refractivity contribution >= 4 is 16.9 Å². The summed E-state index contributed by atoms with van der Waals surface area (Å²) in [6, 6.07) is 0. The van der Waals surface area contributed by atoms with E-state index in [1.54, 1.807) is 0 Å². The monoisotopic (exact) mass is 343 g/mol. The first-order valence-corrected chi connectivity index (χ1v) is 10.0. The van der Waals surface area contributed by atoms with Crippen LogP contribution in [-0.4, -0.2) is 39.5 Å². The molecule has 138 valence electrons. The number of aromatic amines is 1. The lowest BCUT2D eigenvalue weighted by Gasteiger charge is -2.30. The van der Waals surface area contributed by atoms with Crippen molar-refractivity contribution in [3.05, 3.63) is 17.1 Å². The van der Waals surface area contributed by atoms with E-state index in [1.165, 1.54) is 63.0 Å². The lowest BCUT2D eigenvalue weighted by molar-refractivity contribution is 0.177. The van der Waals surface area contributed by atoms with E-state index in [-0.39, 0.29) is 0 Å². The number of nitrogens with two attached hydrogens (primary N) is 1. The Morgan fingerprint density at radius 3 is 2.56 bits per heavy atom. The van der Waals surface area contributed by atoms with Gasteiger partial charge in [-0.25, -0.2) is 9.97 Å². The molecular weight excluding hydrogens is 310 g/mol. The average Bonchev–Trinajstić information content (AvgIpc) is 2.87. The summed E-state index contributed by atoms with van der Waals surface area (Å²) in [5.41, 5.74) is 10.7. The Kier molecular flexibility index (Phi) is 6.29. The molecule has 3 heterocycles. The van der Waals surface area contributed by atoms with Crippen LogP contribution in [0.2, 0.25) is 0 Å². The molecule has 5 heteroatoms. The molecule has 3 rings (SSSR count). The van der Waals surface area contributed by atoms with Gasteiger partial charge < -0.3 is 15.6 Å². The standard InChI is InChI=1S/C20H33N5/c1-3-4-11-17-23-18-16(15(2)22-19(18)20(21)24-17)10-7-5-6-8-12-25-13-9-14-25/h22H,3-14H2,1-2H3,(H2,21,23,24). The zero-order chi connectivity index (χ0) is 17.6. The quantitative estimate of drug-likeness (QED) is 0.640. The van der Waals surface area contributed by atoms with Crippen LogP contribution < -0.4 is 5.73 Å². The Labute approximate surface area is 151 Å². The molecule has 0 amide bonds. The molecule has 5 nitrogen and oxygen atoms in total. The second-order valence-electron chi connectivity index (χ2n) is 7.44. The Morgan fingerprint density at radius 2 is 1.84 bits per heavy atom. The van der Waals surface area contributed by atoms with Crippen LogP contribution in [0.5, 0.6) is 0 Å². The molecule has 25 heavy (non-hydrogen) atoms.